The van der Waals surface area contributed by atoms with Crippen LogP contribution in [-0.2, 0) is 19.9 Å². The van der Waals surface area contributed by atoms with Crippen LogP contribution in [0.25, 0.3) is 0 Å². The number of likely N-dealkylation sites (N-methyl/N-ethyl adjacent to an activating group) is 1. The van der Waals surface area contributed by atoms with Gasteiger partial charge < -0.3 is 5.32 Å². The predicted molar refractivity (Wildman–Crippen MR) is 79.5 cm³/mol. The van der Waals surface area contributed by atoms with Crippen LogP contribution in [0.15, 0.2) is 36.5 Å². The summed E-state index contributed by atoms with van der Waals surface area (Å²) in [6, 6.07) is 10.5. The molecule has 1 N–H and O–H groups in total. The molecule has 1 heterocycles. The number of aromatic nitrogens is 2. The normalized spacial score (nSPS) is 12.6. The van der Waals surface area contributed by atoms with Crippen LogP contribution in [0.1, 0.15) is 18.2 Å². The van der Waals surface area contributed by atoms with E-state index >= 15 is 0 Å². The summed E-state index contributed by atoms with van der Waals surface area (Å²) in [4.78, 5) is 0. The van der Waals surface area contributed by atoms with E-state index in [0.29, 0.717) is 6.04 Å². The Balaban J connectivity index is 2.01. The second-order valence-electron chi connectivity index (χ2n) is 4.77. The molecule has 1 aromatic carbocycles. The predicted octanol–water partition coefficient (Wildman–Crippen LogP) is 2.84. The van der Waals surface area contributed by atoms with E-state index in [0.717, 1.165) is 30.1 Å². The Morgan fingerprint density at radius 2 is 1.95 bits per heavy atom. The van der Waals surface area contributed by atoms with Gasteiger partial charge in [-0.1, -0.05) is 30.7 Å². The zero-order valence-electron chi connectivity index (χ0n) is 11.4. The smallest absolute Gasteiger partial charge is 0.0640 e. The average Bonchev–Trinajstić information content (AvgIpc) is 2.78. The molecule has 0 saturated carbocycles. The summed E-state index contributed by atoms with van der Waals surface area (Å²) in [7, 11) is 1.95. The highest BCUT2D eigenvalue weighted by Gasteiger charge is 2.11. The molecular formula is C15H20ClN3. The van der Waals surface area contributed by atoms with Crippen molar-refractivity contribution in [1.82, 2.24) is 15.1 Å². The van der Waals surface area contributed by atoms with Crippen molar-refractivity contribution in [2.24, 2.45) is 7.05 Å². The summed E-state index contributed by atoms with van der Waals surface area (Å²) in [5.74, 6) is 0. The van der Waals surface area contributed by atoms with Gasteiger partial charge in [0.25, 0.3) is 0 Å². The molecule has 2 aromatic rings. The van der Waals surface area contributed by atoms with Crippen LogP contribution < -0.4 is 5.32 Å². The number of nitrogens with zero attached hydrogens (tertiary/aromatic N) is 2. The first-order valence-corrected chi connectivity index (χ1v) is 7.01. The first-order valence-electron chi connectivity index (χ1n) is 6.63. The van der Waals surface area contributed by atoms with Gasteiger partial charge in [-0.3, -0.25) is 4.68 Å². The molecule has 1 unspecified atom stereocenters. The number of halogens is 1. The molecule has 4 heteroatoms. The van der Waals surface area contributed by atoms with Gasteiger partial charge in [-0.15, -0.1) is 0 Å². The number of aryl methyl sites for hydroxylation is 1. The standard InChI is InChI=1S/C15H20ClN3/c1-3-17-15(11-14-8-9-19(2)18-14)10-12-4-6-13(16)7-5-12/h4-9,15,17H,3,10-11H2,1-2H3. The lowest BCUT2D eigenvalue weighted by Crippen LogP contribution is -2.33. The molecule has 1 atom stereocenters. The van der Waals surface area contributed by atoms with Crippen molar-refractivity contribution in [3.05, 3.63) is 52.8 Å². The van der Waals surface area contributed by atoms with E-state index in [1.807, 2.05) is 30.1 Å². The first kappa shape index (κ1) is 14.1. The Bertz CT molecular complexity index is 504. The minimum Gasteiger partial charge on any atom is -0.314 e. The van der Waals surface area contributed by atoms with E-state index < -0.39 is 0 Å². The lowest BCUT2D eigenvalue weighted by molar-refractivity contribution is 0.513. The number of hydrogen-bond donors (Lipinski definition) is 1. The minimum absolute atomic E-state index is 0.404. The third kappa shape index (κ3) is 4.37. The SMILES string of the molecule is CCNC(Cc1ccc(Cl)cc1)Cc1ccn(C)n1. The summed E-state index contributed by atoms with van der Waals surface area (Å²) >= 11 is 5.91. The van der Waals surface area contributed by atoms with Gasteiger partial charge in [-0.05, 0) is 36.7 Å². The van der Waals surface area contributed by atoms with Crippen molar-refractivity contribution in [3.63, 3.8) is 0 Å². The van der Waals surface area contributed by atoms with Gasteiger partial charge in [-0.25, -0.2) is 0 Å². The second kappa shape index (κ2) is 6.73. The highest BCUT2D eigenvalue weighted by atomic mass is 35.5. The van der Waals surface area contributed by atoms with E-state index in [-0.39, 0.29) is 0 Å². The fourth-order valence-corrected chi connectivity index (χ4v) is 2.36. The Labute approximate surface area is 119 Å². The summed E-state index contributed by atoms with van der Waals surface area (Å²) in [6.07, 6.45) is 3.92. The molecule has 0 amide bonds. The zero-order valence-corrected chi connectivity index (χ0v) is 12.2. The monoisotopic (exact) mass is 277 g/mol. The van der Waals surface area contributed by atoms with Crippen molar-refractivity contribution in [1.29, 1.82) is 0 Å². The van der Waals surface area contributed by atoms with E-state index in [2.05, 4.69) is 35.5 Å². The van der Waals surface area contributed by atoms with E-state index in [4.69, 9.17) is 11.6 Å². The fourth-order valence-electron chi connectivity index (χ4n) is 2.23. The molecule has 1 aromatic heterocycles. The van der Waals surface area contributed by atoms with Gasteiger partial charge in [0.15, 0.2) is 0 Å². The van der Waals surface area contributed by atoms with Crippen molar-refractivity contribution < 1.29 is 0 Å². The summed E-state index contributed by atoms with van der Waals surface area (Å²) in [5.41, 5.74) is 2.42. The van der Waals surface area contributed by atoms with Crippen LogP contribution in [-0.4, -0.2) is 22.4 Å². The first-order chi connectivity index (χ1) is 9.17. The maximum absolute atomic E-state index is 5.91. The molecule has 3 nitrogen and oxygen atoms in total. The Kier molecular flexibility index (Phi) is 5.00. The molecule has 0 saturated heterocycles. The number of benzene rings is 1. The van der Waals surface area contributed by atoms with Gasteiger partial charge in [0.2, 0.25) is 0 Å². The van der Waals surface area contributed by atoms with Crippen LogP contribution in [0, 0.1) is 0 Å². The molecule has 102 valence electrons. The Morgan fingerprint density at radius 3 is 2.53 bits per heavy atom. The number of hydrogen-bond acceptors (Lipinski definition) is 2. The molecule has 0 bridgehead atoms. The molecular weight excluding hydrogens is 258 g/mol. The summed E-state index contributed by atoms with van der Waals surface area (Å²) in [5, 5.41) is 8.75. The third-order valence-corrected chi connectivity index (χ3v) is 3.36. The highest BCUT2D eigenvalue weighted by molar-refractivity contribution is 6.30. The van der Waals surface area contributed by atoms with Gasteiger partial charge in [-0.2, -0.15) is 5.10 Å². The minimum atomic E-state index is 0.404. The molecule has 0 aliphatic heterocycles. The van der Waals surface area contributed by atoms with E-state index in [1.165, 1.54) is 5.56 Å². The molecule has 19 heavy (non-hydrogen) atoms. The van der Waals surface area contributed by atoms with Crippen LogP contribution in [0.4, 0.5) is 0 Å². The molecule has 0 spiro atoms. The van der Waals surface area contributed by atoms with Gasteiger partial charge in [0, 0.05) is 30.7 Å². The molecule has 0 radical (unpaired) electrons. The van der Waals surface area contributed by atoms with Crippen molar-refractivity contribution in [3.8, 4) is 0 Å². The Hall–Kier alpha value is -1.32. The second-order valence-corrected chi connectivity index (χ2v) is 5.21. The summed E-state index contributed by atoms with van der Waals surface area (Å²) in [6.45, 7) is 3.10. The van der Waals surface area contributed by atoms with Crippen molar-refractivity contribution in [2.75, 3.05) is 6.54 Å². The topological polar surface area (TPSA) is 29.9 Å². The zero-order chi connectivity index (χ0) is 13.7. The largest absolute Gasteiger partial charge is 0.314 e. The summed E-state index contributed by atoms with van der Waals surface area (Å²) < 4.78 is 1.85. The van der Waals surface area contributed by atoms with Crippen LogP contribution in [0.5, 0.6) is 0 Å². The molecule has 0 aliphatic carbocycles. The molecule has 2 rings (SSSR count). The van der Waals surface area contributed by atoms with Gasteiger partial charge in [0.1, 0.15) is 0 Å². The third-order valence-electron chi connectivity index (χ3n) is 3.11. The van der Waals surface area contributed by atoms with Crippen LogP contribution in [0.3, 0.4) is 0 Å². The Morgan fingerprint density at radius 1 is 1.21 bits per heavy atom. The lowest BCUT2D eigenvalue weighted by Gasteiger charge is -2.17. The molecule has 0 fully saturated rings. The maximum atomic E-state index is 5.91. The highest BCUT2D eigenvalue weighted by Crippen LogP contribution is 2.12. The lowest BCUT2D eigenvalue weighted by atomic mass is 10.0. The van der Waals surface area contributed by atoms with E-state index in [9.17, 15) is 0 Å². The maximum Gasteiger partial charge on any atom is 0.0640 e. The average molecular weight is 278 g/mol. The van der Waals surface area contributed by atoms with Gasteiger partial charge in [0.05, 0.1) is 5.69 Å². The van der Waals surface area contributed by atoms with Crippen molar-refractivity contribution >= 4 is 11.6 Å². The molecule has 0 aliphatic rings. The van der Waals surface area contributed by atoms with Crippen LogP contribution >= 0.6 is 11.6 Å². The fraction of sp³-hybridized carbons (Fsp3) is 0.400. The number of nitrogens with one attached hydrogen (secondary N) is 1. The van der Waals surface area contributed by atoms with Gasteiger partial charge >= 0.3 is 0 Å². The quantitative estimate of drug-likeness (QED) is 0.880. The number of rotatable bonds is 6. The van der Waals surface area contributed by atoms with Crippen LogP contribution in [0.2, 0.25) is 5.02 Å². The van der Waals surface area contributed by atoms with E-state index in [1.54, 1.807) is 0 Å². The van der Waals surface area contributed by atoms with Crippen molar-refractivity contribution in [2.45, 2.75) is 25.8 Å².